The number of hydrogen-bond acceptors (Lipinski definition) is 2. The molecule has 4 N–H and O–H groups in total. The van der Waals surface area contributed by atoms with Crippen molar-refractivity contribution in [3.05, 3.63) is 35.6 Å². The lowest BCUT2D eigenvalue weighted by Gasteiger charge is -2.24. The van der Waals surface area contributed by atoms with Crippen molar-refractivity contribution in [1.29, 1.82) is 0 Å². The van der Waals surface area contributed by atoms with E-state index in [9.17, 15) is 4.79 Å². The summed E-state index contributed by atoms with van der Waals surface area (Å²) in [4.78, 5) is 10.6. The van der Waals surface area contributed by atoms with Gasteiger partial charge in [0.25, 0.3) is 0 Å². The van der Waals surface area contributed by atoms with E-state index in [0.29, 0.717) is 5.92 Å². The fraction of sp³-hybridized carbons (Fsp3) is 0.533. The largest absolute Gasteiger partial charge is 0.350 e. The minimum Gasteiger partial charge on any atom is -0.350 e. The predicted molar refractivity (Wildman–Crippen MR) is 79.1 cm³/mol. The van der Waals surface area contributed by atoms with Crippen LogP contribution in [0.4, 0.5) is 4.79 Å². The normalized spacial score (nSPS) is 18.2. The Kier molecular flexibility index (Phi) is 6.19. The molecular weight excluding hydrogens is 238 g/mol. The van der Waals surface area contributed by atoms with Crippen LogP contribution in [0.2, 0.25) is 0 Å². The van der Waals surface area contributed by atoms with Gasteiger partial charge in [-0.2, -0.15) is 0 Å². The monoisotopic (exact) mass is 263 g/mol. The Morgan fingerprint density at radius 1 is 1.53 bits per heavy atom. The Hall–Kier alpha value is -1.71. The summed E-state index contributed by atoms with van der Waals surface area (Å²) in [7, 11) is 0. The summed E-state index contributed by atoms with van der Waals surface area (Å²) in [5.74, 6) is 0.374. The maximum atomic E-state index is 10.6. The number of carbonyl (C=O) groups excluding carboxylic acids is 1. The minimum atomic E-state index is -0.588. The molecule has 1 aliphatic carbocycles. The molecule has 0 bridgehead atoms. The second-order valence-corrected chi connectivity index (χ2v) is 5.29. The average Bonchev–Trinajstić information content (AvgIpc) is 2.36. The number of nitrogens with two attached hydrogens (primary N) is 1. The highest BCUT2D eigenvalue weighted by Gasteiger charge is 2.17. The van der Waals surface area contributed by atoms with Gasteiger partial charge in [-0.3, -0.25) is 5.43 Å². The van der Waals surface area contributed by atoms with Gasteiger partial charge in [0.05, 0.1) is 0 Å². The van der Waals surface area contributed by atoms with Gasteiger partial charge < -0.3 is 11.2 Å². The molecular formula is C15H25N3O. The summed E-state index contributed by atoms with van der Waals surface area (Å²) >= 11 is 0. The third-order valence-corrected chi connectivity index (χ3v) is 3.36. The fourth-order valence-corrected chi connectivity index (χ4v) is 2.22. The minimum absolute atomic E-state index is 0.374. The molecule has 0 unspecified atom stereocenters. The third-order valence-electron chi connectivity index (χ3n) is 3.36. The Morgan fingerprint density at radius 3 is 2.79 bits per heavy atom. The van der Waals surface area contributed by atoms with Gasteiger partial charge in [0.2, 0.25) is 0 Å². The molecule has 4 nitrogen and oxygen atoms in total. The highest BCUT2D eigenvalue weighted by atomic mass is 16.2. The molecule has 1 aliphatic rings. The molecule has 0 fully saturated rings. The van der Waals surface area contributed by atoms with Crippen molar-refractivity contribution in [2.45, 2.75) is 46.0 Å². The molecule has 0 saturated heterocycles. The van der Waals surface area contributed by atoms with Crippen LogP contribution in [-0.4, -0.2) is 6.03 Å². The van der Waals surface area contributed by atoms with Gasteiger partial charge in [-0.05, 0) is 46.0 Å². The van der Waals surface area contributed by atoms with E-state index in [4.69, 9.17) is 5.73 Å². The lowest BCUT2D eigenvalue weighted by Crippen LogP contribution is -2.41. The molecule has 1 rings (SSSR count). The molecule has 0 radical (unpaired) electrons. The van der Waals surface area contributed by atoms with Crippen molar-refractivity contribution in [2.24, 2.45) is 11.7 Å². The predicted octanol–water partition coefficient (Wildman–Crippen LogP) is 3.15. The smallest absolute Gasteiger partial charge is 0.330 e. The number of nitrogens with one attached hydrogen (secondary N) is 2. The molecule has 1 atom stereocenters. The summed E-state index contributed by atoms with van der Waals surface area (Å²) in [6.07, 6.45) is 10.0. The van der Waals surface area contributed by atoms with Crippen LogP contribution in [0.5, 0.6) is 0 Å². The van der Waals surface area contributed by atoms with E-state index in [0.717, 1.165) is 37.8 Å². The van der Waals surface area contributed by atoms with Crippen molar-refractivity contribution in [2.75, 3.05) is 0 Å². The molecule has 2 amide bonds. The van der Waals surface area contributed by atoms with Crippen molar-refractivity contribution >= 4 is 6.03 Å². The molecule has 0 saturated carbocycles. The number of hydrazine groups is 1. The first-order valence-corrected chi connectivity index (χ1v) is 6.80. The van der Waals surface area contributed by atoms with E-state index in [1.165, 1.54) is 11.1 Å². The zero-order chi connectivity index (χ0) is 14.3. The number of primary amides is 1. The van der Waals surface area contributed by atoms with Gasteiger partial charge in [-0.15, -0.1) is 0 Å². The maximum absolute atomic E-state index is 10.6. The van der Waals surface area contributed by atoms with E-state index in [-0.39, 0.29) is 0 Å². The van der Waals surface area contributed by atoms with Gasteiger partial charge in [-0.25, -0.2) is 4.79 Å². The number of urea groups is 1. The Bertz CT molecular complexity index is 392. The van der Waals surface area contributed by atoms with Crippen molar-refractivity contribution in [3.8, 4) is 0 Å². The zero-order valence-electron chi connectivity index (χ0n) is 12.0. The first kappa shape index (κ1) is 15.3. The summed E-state index contributed by atoms with van der Waals surface area (Å²) in [5.41, 5.74) is 13.9. The van der Waals surface area contributed by atoms with E-state index < -0.39 is 6.03 Å². The second-order valence-electron chi connectivity index (χ2n) is 5.29. The maximum Gasteiger partial charge on any atom is 0.330 e. The van der Waals surface area contributed by atoms with Crippen LogP contribution in [0.1, 0.15) is 46.0 Å². The second kappa shape index (κ2) is 7.67. The van der Waals surface area contributed by atoms with E-state index >= 15 is 0 Å². The first-order valence-electron chi connectivity index (χ1n) is 6.80. The Morgan fingerprint density at radius 2 is 2.26 bits per heavy atom. The fourth-order valence-electron chi connectivity index (χ4n) is 2.22. The Labute approximate surface area is 115 Å². The molecule has 4 heteroatoms. The number of allylic oxidation sites excluding steroid dienone is 5. The van der Waals surface area contributed by atoms with Crippen molar-refractivity contribution < 1.29 is 4.79 Å². The van der Waals surface area contributed by atoms with Gasteiger partial charge in [0.15, 0.2) is 0 Å². The highest BCUT2D eigenvalue weighted by Crippen LogP contribution is 2.29. The van der Waals surface area contributed by atoms with E-state index in [1.807, 2.05) is 0 Å². The van der Waals surface area contributed by atoms with Crippen molar-refractivity contribution in [3.63, 3.8) is 0 Å². The summed E-state index contributed by atoms with van der Waals surface area (Å²) < 4.78 is 0. The topological polar surface area (TPSA) is 67.2 Å². The summed E-state index contributed by atoms with van der Waals surface area (Å²) in [6, 6.07) is -0.588. The zero-order valence-corrected chi connectivity index (χ0v) is 12.0. The van der Waals surface area contributed by atoms with Crippen LogP contribution in [-0.2, 0) is 0 Å². The number of hydrogen-bond donors (Lipinski definition) is 3. The third kappa shape index (κ3) is 6.13. The number of rotatable bonds is 6. The lowest BCUT2D eigenvalue weighted by molar-refractivity contribution is 0.245. The molecule has 106 valence electrons. The van der Waals surface area contributed by atoms with Gasteiger partial charge in [0.1, 0.15) is 0 Å². The molecule has 0 aromatic heterocycles. The van der Waals surface area contributed by atoms with Crippen LogP contribution < -0.4 is 16.6 Å². The summed E-state index contributed by atoms with van der Waals surface area (Å²) in [5, 5.41) is 0. The van der Waals surface area contributed by atoms with E-state index in [2.05, 4.69) is 43.4 Å². The first-order chi connectivity index (χ1) is 8.99. The number of carbonyl (C=O) groups is 1. The molecule has 0 aliphatic heterocycles. The molecule has 0 aromatic rings. The number of amides is 2. The summed E-state index contributed by atoms with van der Waals surface area (Å²) in [6.45, 7) is 8.20. The Balaban J connectivity index is 2.34. The standard InChI is InChI=1S/C15H25N3O/c1-11(2)5-4-6-13-7-9-14(10-8-13)12(3)17-18-15(16)19/h5,7,14,17H,3-4,6,8-10H2,1-2H3,(H3,16,18,19)/t14-/m1/s1. The van der Waals surface area contributed by atoms with Crippen LogP contribution >= 0.6 is 0 Å². The molecule has 0 heterocycles. The SMILES string of the molecule is C=C(NNC(N)=O)[C@@H]1CC=C(CCC=C(C)C)CC1. The van der Waals surface area contributed by atoms with Crippen LogP contribution in [0.15, 0.2) is 35.6 Å². The highest BCUT2D eigenvalue weighted by molar-refractivity contribution is 5.71. The van der Waals surface area contributed by atoms with E-state index in [1.54, 1.807) is 0 Å². The van der Waals surface area contributed by atoms with Gasteiger partial charge in [-0.1, -0.05) is 29.9 Å². The molecule has 0 spiro atoms. The average molecular weight is 263 g/mol. The van der Waals surface area contributed by atoms with Crippen LogP contribution in [0, 0.1) is 5.92 Å². The lowest BCUT2D eigenvalue weighted by atomic mass is 9.86. The van der Waals surface area contributed by atoms with Crippen molar-refractivity contribution in [1.82, 2.24) is 10.9 Å². The van der Waals surface area contributed by atoms with Gasteiger partial charge >= 0.3 is 6.03 Å². The quantitative estimate of drug-likeness (QED) is 0.509. The van der Waals surface area contributed by atoms with Crippen LogP contribution in [0.3, 0.4) is 0 Å². The molecule has 19 heavy (non-hydrogen) atoms. The van der Waals surface area contributed by atoms with Crippen LogP contribution in [0.25, 0.3) is 0 Å². The van der Waals surface area contributed by atoms with Gasteiger partial charge in [0, 0.05) is 11.6 Å². The molecule has 0 aromatic carbocycles.